The molecule has 1 aromatic carbocycles. The molecule has 0 amide bonds. The molecular weight excluding hydrogens is 250 g/mol. The maximum atomic E-state index is 8.65. The molecule has 0 bridgehead atoms. The first-order chi connectivity index (χ1) is 9.58. The van der Waals surface area contributed by atoms with Gasteiger partial charge < -0.3 is 4.52 Å². The summed E-state index contributed by atoms with van der Waals surface area (Å²) in [4.78, 5) is 4.39. The zero-order valence-electron chi connectivity index (χ0n) is 12.2. The standard InChI is InChI=1S/C16H19N3O/c1-11(6-7-17)8-16-18-15(19-20-16)10-14-5-4-12(2)13(3)9-14/h4-5,9,11H,6,8,10H2,1-3H3. The monoisotopic (exact) mass is 269 g/mol. The molecule has 0 radical (unpaired) electrons. The third-order valence-electron chi connectivity index (χ3n) is 3.41. The summed E-state index contributed by atoms with van der Waals surface area (Å²) in [5.41, 5.74) is 3.74. The highest BCUT2D eigenvalue weighted by Crippen LogP contribution is 2.14. The Kier molecular flexibility index (Phi) is 4.52. The summed E-state index contributed by atoms with van der Waals surface area (Å²) in [6.45, 7) is 6.21. The lowest BCUT2D eigenvalue weighted by molar-refractivity contribution is 0.355. The van der Waals surface area contributed by atoms with Crippen molar-refractivity contribution in [2.24, 2.45) is 5.92 Å². The van der Waals surface area contributed by atoms with Gasteiger partial charge >= 0.3 is 0 Å². The van der Waals surface area contributed by atoms with Crippen molar-refractivity contribution in [2.45, 2.75) is 40.0 Å². The van der Waals surface area contributed by atoms with E-state index in [1.807, 2.05) is 6.92 Å². The van der Waals surface area contributed by atoms with Crippen LogP contribution in [0.15, 0.2) is 22.7 Å². The minimum atomic E-state index is 0.245. The summed E-state index contributed by atoms with van der Waals surface area (Å²) < 4.78 is 5.24. The van der Waals surface area contributed by atoms with Crippen molar-refractivity contribution < 1.29 is 4.52 Å². The molecule has 0 aliphatic rings. The van der Waals surface area contributed by atoms with Gasteiger partial charge in [0, 0.05) is 19.3 Å². The summed E-state index contributed by atoms with van der Waals surface area (Å²) in [5.74, 6) is 1.56. The number of aromatic nitrogens is 2. The number of aryl methyl sites for hydroxylation is 2. The van der Waals surface area contributed by atoms with Crippen LogP contribution in [-0.4, -0.2) is 10.1 Å². The molecule has 1 aromatic heterocycles. The SMILES string of the molecule is Cc1ccc(Cc2noc(CC(C)CC#N)n2)cc1C. The topological polar surface area (TPSA) is 62.7 Å². The Labute approximate surface area is 119 Å². The van der Waals surface area contributed by atoms with Crippen LogP contribution in [-0.2, 0) is 12.8 Å². The molecule has 0 aliphatic carbocycles. The van der Waals surface area contributed by atoms with E-state index in [2.05, 4.69) is 48.3 Å². The maximum absolute atomic E-state index is 8.65. The van der Waals surface area contributed by atoms with Gasteiger partial charge in [-0.15, -0.1) is 0 Å². The number of hydrogen-bond acceptors (Lipinski definition) is 4. The second-order valence-electron chi connectivity index (χ2n) is 5.37. The Morgan fingerprint density at radius 2 is 2.10 bits per heavy atom. The molecule has 0 spiro atoms. The summed E-state index contributed by atoms with van der Waals surface area (Å²) in [5, 5.41) is 12.7. The smallest absolute Gasteiger partial charge is 0.226 e. The first-order valence-corrected chi connectivity index (χ1v) is 6.83. The molecular formula is C16H19N3O. The molecule has 0 aliphatic heterocycles. The van der Waals surface area contributed by atoms with E-state index < -0.39 is 0 Å². The van der Waals surface area contributed by atoms with Crippen LogP contribution in [0.1, 0.15) is 41.8 Å². The molecule has 1 unspecified atom stereocenters. The number of hydrogen-bond donors (Lipinski definition) is 0. The van der Waals surface area contributed by atoms with Crippen molar-refractivity contribution in [3.8, 4) is 6.07 Å². The van der Waals surface area contributed by atoms with E-state index in [4.69, 9.17) is 9.78 Å². The van der Waals surface area contributed by atoms with Gasteiger partial charge in [-0.05, 0) is 36.5 Å². The summed E-state index contributed by atoms with van der Waals surface area (Å²) >= 11 is 0. The average Bonchev–Trinajstić information content (AvgIpc) is 2.81. The van der Waals surface area contributed by atoms with Crippen LogP contribution >= 0.6 is 0 Å². The normalized spacial score (nSPS) is 12.1. The molecule has 4 nitrogen and oxygen atoms in total. The minimum absolute atomic E-state index is 0.245. The predicted octanol–water partition coefficient (Wildman–Crippen LogP) is 3.37. The maximum Gasteiger partial charge on any atom is 0.226 e. The third kappa shape index (κ3) is 3.67. The lowest BCUT2D eigenvalue weighted by Gasteiger charge is -2.02. The summed E-state index contributed by atoms with van der Waals surface area (Å²) in [6, 6.07) is 8.52. The Hall–Kier alpha value is -2.15. The van der Waals surface area contributed by atoms with Crippen molar-refractivity contribution in [1.82, 2.24) is 10.1 Å². The summed E-state index contributed by atoms with van der Waals surface area (Å²) in [6.07, 6.45) is 1.85. The van der Waals surface area contributed by atoms with Crippen molar-refractivity contribution in [3.63, 3.8) is 0 Å². The molecule has 2 aromatic rings. The fraction of sp³-hybridized carbons (Fsp3) is 0.438. The van der Waals surface area contributed by atoms with E-state index in [1.54, 1.807) is 0 Å². The van der Waals surface area contributed by atoms with Crippen molar-refractivity contribution in [2.75, 3.05) is 0 Å². The molecule has 0 N–H and O–H groups in total. The van der Waals surface area contributed by atoms with E-state index in [0.29, 0.717) is 31.0 Å². The van der Waals surface area contributed by atoms with Crippen LogP contribution in [0.2, 0.25) is 0 Å². The molecule has 1 atom stereocenters. The first-order valence-electron chi connectivity index (χ1n) is 6.83. The van der Waals surface area contributed by atoms with Gasteiger partial charge in [0.05, 0.1) is 6.07 Å². The zero-order chi connectivity index (χ0) is 14.5. The van der Waals surface area contributed by atoms with Gasteiger partial charge in [0.2, 0.25) is 5.89 Å². The van der Waals surface area contributed by atoms with Crippen LogP contribution in [0.25, 0.3) is 0 Å². The molecule has 4 heteroatoms. The van der Waals surface area contributed by atoms with Gasteiger partial charge in [-0.2, -0.15) is 10.2 Å². The molecule has 0 saturated heterocycles. The lowest BCUT2D eigenvalue weighted by atomic mass is 10.0. The largest absolute Gasteiger partial charge is 0.339 e. The second-order valence-corrected chi connectivity index (χ2v) is 5.37. The van der Waals surface area contributed by atoms with Crippen molar-refractivity contribution in [1.29, 1.82) is 5.26 Å². The highest BCUT2D eigenvalue weighted by Gasteiger charge is 2.11. The van der Waals surface area contributed by atoms with Crippen LogP contribution < -0.4 is 0 Å². The van der Waals surface area contributed by atoms with E-state index in [1.165, 1.54) is 16.7 Å². The van der Waals surface area contributed by atoms with Gasteiger partial charge in [-0.3, -0.25) is 0 Å². The van der Waals surface area contributed by atoms with E-state index in [9.17, 15) is 0 Å². The number of benzene rings is 1. The van der Waals surface area contributed by atoms with E-state index in [-0.39, 0.29) is 5.92 Å². The third-order valence-corrected chi connectivity index (χ3v) is 3.41. The van der Waals surface area contributed by atoms with Gasteiger partial charge in [0.1, 0.15) is 0 Å². The highest BCUT2D eigenvalue weighted by molar-refractivity contribution is 5.31. The number of nitrogens with zero attached hydrogens (tertiary/aromatic N) is 3. The summed E-state index contributed by atoms with van der Waals surface area (Å²) in [7, 11) is 0. The lowest BCUT2D eigenvalue weighted by Crippen LogP contribution is -1.99. The van der Waals surface area contributed by atoms with Crippen molar-refractivity contribution >= 4 is 0 Å². The molecule has 104 valence electrons. The van der Waals surface area contributed by atoms with Gasteiger partial charge in [-0.1, -0.05) is 30.3 Å². The van der Waals surface area contributed by atoms with Crippen LogP contribution in [0.4, 0.5) is 0 Å². The van der Waals surface area contributed by atoms with Crippen LogP contribution in [0.5, 0.6) is 0 Å². The molecule has 0 saturated carbocycles. The van der Waals surface area contributed by atoms with Gasteiger partial charge in [0.25, 0.3) is 0 Å². The molecule has 2 rings (SSSR count). The Morgan fingerprint density at radius 3 is 2.80 bits per heavy atom. The van der Waals surface area contributed by atoms with Gasteiger partial charge in [-0.25, -0.2) is 0 Å². The van der Waals surface area contributed by atoms with Crippen LogP contribution in [0.3, 0.4) is 0 Å². The van der Waals surface area contributed by atoms with Crippen molar-refractivity contribution in [3.05, 3.63) is 46.6 Å². The second kappa shape index (κ2) is 6.33. The quantitative estimate of drug-likeness (QED) is 0.834. The van der Waals surface area contributed by atoms with E-state index >= 15 is 0 Å². The minimum Gasteiger partial charge on any atom is -0.339 e. The molecule has 20 heavy (non-hydrogen) atoms. The fourth-order valence-corrected chi connectivity index (χ4v) is 2.07. The predicted molar refractivity (Wildman–Crippen MR) is 76.1 cm³/mol. The highest BCUT2D eigenvalue weighted by atomic mass is 16.5. The molecule has 1 heterocycles. The number of nitriles is 1. The zero-order valence-corrected chi connectivity index (χ0v) is 12.2. The van der Waals surface area contributed by atoms with Gasteiger partial charge in [0.15, 0.2) is 5.82 Å². The Bertz CT molecular complexity index is 625. The molecule has 0 fully saturated rings. The number of rotatable bonds is 5. The Morgan fingerprint density at radius 1 is 1.30 bits per heavy atom. The van der Waals surface area contributed by atoms with E-state index in [0.717, 1.165) is 0 Å². The Balaban J connectivity index is 2.02. The average molecular weight is 269 g/mol. The first kappa shape index (κ1) is 14.3. The fourth-order valence-electron chi connectivity index (χ4n) is 2.07. The van der Waals surface area contributed by atoms with Crippen LogP contribution in [0, 0.1) is 31.1 Å².